The van der Waals surface area contributed by atoms with E-state index in [1.54, 1.807) is 31.2 Å². The number of aliphatic carboxylic acids is 1. The summed E-state index contributed by atoms with van der Waals surface area (Å²) < 4.78 is 0. The van der Waals surface area contributed by atoms with E-state index in [1.807, 2.05) is 6.92 Å². The quantitative estimate of drug-likeness (QED) is 0.713. The summed E-state index contributed by atoms with van der Waals surface area (Å²) in [6.45, 7) is 3.41. The molecule has 0 aliphatic rings. The molecule has 0 bridgehead atoms. The van der Waals surface area contributed by atoms with Crippen molar-refractivity contribution in [3.8, 4) is 0 Å². The Morgan fingerprint density at radius 3 is 2.29 bits per heavy atom. The molecule has 1 aromatic carbocycles. The molecule has 1 rings (SSSR count). The van der Waals surface area contributed by atoms with Crippen molar-refractivity contribution in [1.82, 2.24) is 5.32 Å². The van der Waals surface area contributed by atoms with E-state index >= 15 is 0 Å². The van der Waals surface area contributed by atoms with Gasteiger partial charge in [0.25, 0.3) is 0 Å². The number of nitrogens with one attached hydrogen (secondary N) is 2. The van der Waals surface area contributed by atoms with Crippen LogP contribution in [-0.4, -0.2) is 29.4 Å². The zero-order chi connectivity index (χ0) is 15.8. The lowest BCUT2D eigenvalue weighted by molar-refractivity contribution is -0.138. The van der Waals surface area contributed by atoms with Crippen LogP contribution in [-0.2, 0) is 14.4 Å². The maximum atomic E-state index is 11.6. The van der Waals surface area contributed by atoms with E-state index in [-0.39, 0.29) is 18.4 Å². The number of benzene rings is 1. The van der Waals surface area contributed by atoms with E-state index in [4.69, 9.17) is 5.11 Å². The SMILES string of the molecule is CCCC(=O)NCC(=O)Nc1ccc(C(C)C(=O)O)cc1. The van der Waals surface area contributed by atoms with Gasteiger partial charge in [0.15, 0.2) is 0 Å². The Morgan fingerprint density at radius 1 is 1.14 bits per heavy atom. The Bertz CT molecular complexity index is 511. The zero-order valence-electron chi connectivity index (χ0n) is 12.2. The van der Waals surface area contributed by atoms with Crippen LogP contribution in [0.4, 0.5) is 5.69 Å². The molecule has 0 saturated carbocycles. The van der Waals surface area contributed by atoms with Crippen LogP contribution in [0.25, 0.3) is 0 Å². The van der Waals surface area contributed by atoms with E-state index in [9.17, 15) is 14.4 Å². The van der Waals surface area contributed by atoms with Gasteiger partial charge in [-0.15, -0.1) is 0 Å². The monoisotopic (exact) mass is 292 g/mol. The van der Waals surface area contributed by atoms with E-state index in [1.165, 1.54) is 0 Å². The molecular weight excluding hydrogens is 272 g/mol. The highest BCUT2D eigenvalue weighted by Gasteiger charge is 2.13. The fourth-order valence-corrected chi connectivity index (χ4v) is 1.70. The molecule has 3 N–H and O–H groups in total. The number of rotatable bonds is 7. The topological polar surface area (TPSA) is 95.5 Å². The minimum Gasteiger partial charge on any atom is -0.481 e. The van der Waals surface area contributed by atoms with Gasteiger partial charge in [-0.2, -0.15) is 0 Å². The molecule has 1 unspecified atom stereocenters. The largest absolute Gasteiger partial charge is 0.481 e. The van der Waals surface area contributed by atoms with E-state index in [2.05, 4.69) is 10.6 Å². The van der Waals surface area contributed by atoms with E-state index < -0.39 is 11.9 Å². The van der Waals surface area contributed by atoms with Crippen LogP contribution in [0.2, 0.25) is 0 Å². The minimum absolute atomic E-state index is 0.0773. The molecule has 0 spiro atoms. The van der Waals surface area contributed by atoms with Gasteiger partial charge in [0.2, 0.25) is 11.8 Å². The minimum atomic E-state index is -0.898. The van der Waals surface area contributed by atoms with Gasteiger partial charge < -0.3 is 15.7 Å². The van der Waals surface area contributed by atoms with Gasteiger partial charge in [-0.25, -0.2) is 0 Å². The van der Waals surface area contributed by atoms with Gasteiger partial charge in [-0.3, -0.25) is 14.4 Å². The molecule has 6 nitrogen and oxygen atoms in total. The molecule has 0 aromatic heterocycles. The number of carboxylic acids is 1. The number of carboxylic acid groups (broad SMARTS) is 1. The van der Waals surface area contributed by atoms with Crippen molar-refractivity contribution >= 4 is 23.5 Å². The van der Waals surface area contributed by atoms with Crippen LogP contribution in [0, 0.1) is 0 Å². The van der Waals surface area contributed by atoms with Crippen molar-refractivity contribution in [1.29, 1.82) is 0 Å². The Balaban J connectivity index is 2.50. The number of anilines is 1. The third-order valence-electron chi connectivity index (χ3n) is 2.99. The Morgan fingerprint density at radius 2 is 1.76 bits per heavy atom. The maximum Gasteiger partial charge on any atom is 0.310 e. The van der Waals surface area contributed by atoms with Crippen molar-refractivity contribution < 1.29 is 19.5 Å². The average molecular weight is 292 g/mol. The van der Waals surface area contributed by atoms with Crippen molar-refractivity contribution in [3.05, 3.63) is 29.8 Å². The lowest BCUT2D eigenvalue weighted by Crippen LogP contribution is -2.32. The molecule has 0 aliphatic heterocycles. The first-order chi connectivity index (χ1) is 9.93. The van der Waals surface area contributed by atoms with Gasteiger partial charge in [0, 0.05) is 12.1 Å². The number of carbonyl (C=O) groups excluding carboxylic acids is 2. The fourth-order valence-electron chi connectivity index (χ4n) is 1.70. The van der Waals surface area contributed by atoms with Gasteiger partial charge in [-0.1, -0.05) is 19.1 Å². The van der Waals surface area contributed by atoms with E-state index in [0.29, 0.717) is 17.7 Å². The molecule has 0 fully saturated rings. The van der Waals surface area contributed by atoms with Crippen molar-refractivity contribution in [2.24, 2.45) is 0 Å². The second kappa shape index (κ2) is 8.04. The predicted molar refractivity (Wildman–Crippen MR) is 79.0 cm³/mol. The van der Waals surface area contributed by atoms with Crippen LogP contribution >= 0.6 is 0 Å². The number of hydrogen-bond acceptors (Lipinski definition) is 3. The molecule has 1 aromatic rings. The van der Waals surface area contributed by atoms with Gasteiger partial charge in [0.1, 0.15) is 0 Å². The molecule has 0 saturated heterocycles. The van der Waals surface area contributed by atoms with Crippen molar-refractivity contribution in [3.63, 3.8) is 0 Å². The highest BCUT2D eigenvalue weighted by atomic mass is 16.4. The Labute approximate surface area is 123 Å². The summed E-state index contributed by atoms with van der Waals surface area (Å²) in [7, 11) is 0. The van der Waals surface area contributed by atoms with Crippen molar-refractivity contribution in [2.45, 2.75) is 32.6 Å². The summed E-state index contributed by atoms with van der Waals surface area (Å²) in [5.41, 5.74) is 1.22. The van der Waals surface area contributed by atoms with Gasteiger partial charge in [0.05, 0.1) is 12.5 Å². The summed E-state index contributed by atoms with van der Waals surface area (Å²) in [5.74, 6) is -1.97. The third-order valence-corrected chi connectivity index (χ3v) is 2.99. The summed E-state index contributed by atoms with van der Waals surface area (Å²) >= 11 is 0. The number of carbonyl (C=O) groups is 3. The lowest BCUT2D eigenvalue weighted by Gasteiger charge is -2.09. The molecular formula is C15H20N2O4. The zero-order valence-corrected chi connectivity index (χ0v) is 12.2. The molecule has 0 aliphatic carbocycles. The second-order valence-corrected chi connectivity index (χ2v) is 4.76. The summed E-state index contributed by atoms with van der Waals surface area (Å²) in [6, 6.07) is 6.59. The number of amides is 2. The van der Waals surface area contributed by atoms with E-state index in [0.717, 1.165) is 6.42 Å². The summed E-state index contributed by atoms with van der Waals surface area (Å²) in [4.78, 5) is 33.7. The highest BCUT2D eigenvalue weighted by molar-refractivity contribution is 5.94. The second-order valence-electron chi connectivity index (χ2n) is 4.76. The fraction of sp³-hybridized carbons (Fsp3) is 0.400. The van der Waals surface area contributed by atoms with Crippen LogP contribution < -0.4 is 10.6 Å². The standard InChI is InChI=1S/C15H20N2O4/c1-3-4-13(18)16-9-14(19)17-12-7-5-11(6-8-12)10(2)15(20)21/h5-8,10H,3-4,9H2,1-2H3,(H,16,18)(H,17,19)(H,20,21). The van der Waals surface area contributed by atoms with Crippen LogP contribution in [0.3, 0.4) is 0 Å². The Kier molecular flexibility index (Phi) is 6.39. The smallest absolute Gasteiger partial charge is 0.310 e. The van der Waals surface area contributed by atoms with Crippen molar-refractivity contribution in [2.75, 3.05) is 11.9 Å². The first-order valence-corrected chi connectivity index (χ1v) is 6.83. The molecule has 114 valence electrons. The molecule has 21 heavy (non-hydrogen) atoms. The van der Waals surface area contributed by atoms with Crippen LogP contribution in [0.15, 0.2) is 24.3 Å². The average Bonchev–Trinajstić information content (AvgIpc) is 2.45. The predicted octanol–water partition coefficient (Wildman–Crippen LogP) is 1.73. The molecule has 1 atom stereocenters. The summed E-state index contributed by atoms with van der Waals surface area (Å²) in [5, 5.41) is 14.1. The lowest BCUT2D eigenvalue weighted by atomic mass is 10.0. The molecule has 0 heterocycles. The molecule has 6 heteroatoms. The summed E-state index contributed by atoms with van der Waals surface area (Å²) in [6.07, 6.45) is 1.13. The van der Waals surface area contributed by atoms with Crippen LogP contribution in [0.5, 0.6) is 0 Å². The first kappa shape index (κ1) is 16.7. The number of hydrogen-bond donors (Lipinski definition) is 3. The highest BCUT2D eigenvalue weighted by Crippen LogP contribution is 2.18. The normalized spacial score (nSPS) is 11.5. The third kappa shape index (κ3) is 5.64. The molecule has 0 radical (unpaired) electrons. The maximum absolute atomic E-state index is 11.6. The van der Waals surface area contributed by atoms with Gasteiger partial charge >= 0.3 is 5.97 Å². The van der Waals surface area contributed by atoms with Crippen LogP contribution in [0.1, 0.15) is 38.2 Å². The Hall–Kier alpha value is -2.37. The molecule has 2 amide bonds. The first-order valence-electron chi connectivity index (χ1n) is 6.83. The van der Waals surface area contributed by atoms with Gasteiger partial charge in [-0.05, 0) is 31.0 Å².